The van der Waals surface area contributed by atoms with Crippen LogP contribution in [0.25, 0.3) is 77.1 Å². The van der Waals surface area contributed by atoms with Crippen molar-refractivity contribution in [3.63, 3.8) is 0 Å². The van der Waals surface area contributed by atoms with Crippen LogP contribution in [0, 0.1) is 24.4 Å². The minimum atomic E-state index is -2.37. The quantitative estimate of drug-likeness (QED) is 0.0946. The van der Waals surface area contributed by atoms with Crippen LogP contribution >= 0.6 is 0 Å². The van der Waals surface area contributed by atoms with Gasteiger partial charge in [0, 0.05) is 37.2 Å². The molecule has 0 aliphatic carbocycles. The third kappa shape index (κ3) is 8.87. The third-order valence-electron chi connectivity index (χ3n) is 10.4. The second-order valence-electron chi connectivity index (χ2n) is 17.2. The molecule has 9 rings (SSSR count). The van der Waals surface area contributed by atoms with Crippen molar-refractivity contribution in [2.45, 2.75) is 71.0 Å². The first-order valence-electron chi connectivity index (χ1n) is 22.8. The molecule has 1 radical (unpaired) electrons. The minimum absolute atomic E-state index is 0. The summed E-state index contributed by atoms with van der Waals surface area (Å²) < 4.78 is 58.7. The minimum Gasteiger partial charge on any atom is 0 e. The van der Waals surface area contributed by atoms with E-state index < -0.39 is 37.8 Å². The molecule has 0 saturated heterocycles. The van der Waals surface area contributed by atoms with E-state index in [0.717, 1.165) is 64.8 Å². The number of aromatic nitrogens is 2. The van der Waals surface area contributed by atoms with Gasteiger partial charge in [-0.1, -0.05) is 97.9 Å². The predicted molar refractivity (Wildman–Crippen MR) is 250 cm³/mol. The Labute approximate surface area is 374 Å². The summed E-state index contributed by atoms with van der Waals surface area (Å²) in [6.07, 6.45) is 2.18. The van der Waals surface area contributed by atoms with E-state index in [1.807, 2.05) is 120 Å². The number of benzene rings is 6. The first-order chi connectivity index (χ1) is 30.0. The number of pyridine rings is 2. The van der Waals surface area contributed by atoms with Gasteiger partial charge < -0.3 is 9.40 Å². The Kier molecular flexibility index (Phi) is 10.1. The van der Waals surface area contributed by atoms with Gasteiger partial charge in [-0.05, 0) is 68.5 Å². The molecule has 0 aliphatic heterocycles. The molecule has 3 heterocycles. The molecule has 0 saturated carbocycles. The first-order valence-corrected chi connectivity index (χ1v) is 27.2. The van der Waals surface area contributed by atoms with Gasteiger partial charge in [0.1, 0.15) is 5.58 Å². The summed E-state index contributed by atoms with van der Waals surface area (Å²) in [5, 5.41) is 5.53. The Hall–Kier alpha value is -4.87. The monoisotopic (exact) mass is 1020 g/mol. The summed E-state index contributed by atoms with van der Waals surface area (Å²) in [7, 11) is 0. The zero-order chi connectivity index (χ0) is 46.0. The largest absolute Gasteiger partial charge is 0 e. The molecule has 0 atom stereocenters. The van der Waals surface area contributed by atoms with Crippen LogP contribution in [0.1, 0.15) is 65.4 Å². The number of rotatable bonds is 6. The molecule has 9 aromatic rings. The standard InChI is InChI=1S/C35H26NO.C19H26GeN.Ir/c1-21(2)24-15-16-36-32(18-24)27-14-13-22(3)34-31-19-29-26-12-8-7-11-25(26)17-28(23-9-5-4-6-10-23)30(29)20-33(31)37-35(27)34;1-19(2,3)13-16-12-18(15-10-8-7-9-11-15)21-14-17(16)20(4,5)6;/h4-13,15-21H,1-3H3;7-10,12,14H,13H2,1-6H3;/q2*-1;/i3D3,21D;13D2;. The Morgan fingerprint density at radius 2 is 1.56 bits per heavy atom. The summed E-state index contributed by atoms with van der Waals surface area (Å²) in [6, 6.07) is 46.1. The Bertz CT molecular complexity index is 3180. The second kappa shape index (κ2) is 17.0. The van der Waals surface area contributed by atoms with E-state index in [2.05, 4.69) is 75.8 Å². The van der Waals surface area contributed by atoms with Gasteiger partial charge in [0.25, 0.3) is 0 Å². The fourth-order valence-electron chi connectivity index (χ4n) is 7.60. The van der Waals surface area contributed by atoms with Crippen LogP contribution in [0.2, 0.25) is 17.3 Å². The summed E-state index contributed by atoms with van der Waals surface area (Å²) in [5.74, 6) is 6.03. The summed E-state index contributed by atoms with van der Waals surface area (Å²) in [4.78, 5) is 9.19. The van der Waals surface area contributed by atoms with Gasteiger partial charge in [-0.15, -0.1) is 17.7 Å². The molecule has 0 aliphatic rings. The van der Waals surface area contributed by atoms with Gasteiger partial charge in [0.2, 0.25) is 0 Å². The van der Waals surface area contributed by atoms with E-state index in [-0.39, 0.29) is 25.7 Å². The number of fused-ring (bicyclic) bond motifs is 6. The van der Waals surface area contributed by atoms with E-state index >= 15 is 0 Å². The molecule has 0 amide bonds. The van der Waals surface area contributed by atoms with Crippen LogP contribution in [0.4, 0.5) is 0 Å². The molecule has 0 spiro atoms. The maximum absolute atomic E-state index is 8.76. The van der Waals surface area contributed by atoms with E-state index in [1.165, 1.54) is 0 Å². The topological polar surface area (TPSA) is 38.9 Å². The van der Waals surface area contributed by atoms with Crippen molar-refractivity contribution in [2.24, 2.45) is 5.41 Å². The molecule has 0 fully saturated rings. The smallest absolute Gasteiger partial charge is 0 e. The van der Waals surface area contributed by atoms with E-state index in [4.69, 9.17) is 12.6 Å². The van der Waals surface area contributed by atoms with Crippen molar-refractivity contribution in [1.82, 2.24) is 9.97 Å². The summed E-state index contributed by atoms with van der Waals surface area (Å²) in [6.45, 7) is 7.16. The van der Waals surface area contributed by atoms with Crippen molar-refractivity contribution < 1.29 is 32.7 Å². The van der Waals surface area contributed by atoms with Crippen LogP contribution in [0.3, 0.4) is 0 Å². The fraction of sp³-hybridized carbons (Fsp3) is 0.222. The molecule has 0 bridgehead atoms. The molecule has 5 heteroatoms. The Balaban J connectivity index is 0.000000225. The Morgan fingerprint density at radius 3 is 2.27 bits per heavy atom. The van der Waals surface area contributed by atoms with Gasteiger partial charge in [0.15, 0.2) is 0 Å². The number of hydrogen-bond donors (Lipinski definition) is 0. The predicted octanol–water partition coefficient (Wildman–Crippen LogP) is 14.5. The van der Waals surface area contributed by atoms with Gasteiger partial charge >= 0.3 is 135 Å². The molecule has 0 N–H and O–H groups in total. The van der Waals surface area contributed by atoms with Crippen molar-refractivity contribution in [1.29, 1.82) is 0 Å². The van der Waals surface area contributed by atoms with Crippen LogP contribution in [-0.4, -0.2) is 23.2 Å². The van der Waals surface area contributed by atoms with Gasteiger partial charge in [-0.3, -0.25) is 0 Å². The molecule has 0 unspecified atom stereocenters. The molecule has 6 aromatic carbocycles. The fourth-order valence-corrected chi connectivity index (χ4v) is 10.5. The van der Waals surface area contributed by atoms with Gasteiger partial charge in [-0.25, -0.2) is 0 Å². The third-order valence-corrected chi connectivity index (χ3v) is 14.6. The molecular weight excluding hydrogens is 957 g/mol. The van der Waals surface area contributed by atoms with Crippen LogP contribution < -0.4 is 4.40 Å². The van der Waals surface area contributed by atoms with E-state index in [9.17, 15) is 0 Å². The molecular formula is C54H52GeIrN2O-2. The zero-order valence-corrected chi connectivity index (χ0v) is 39.3. The van der Waals surface area contributed by atoms with Crippen LogP contribution in [-0.2, 0) is 26.5 Å². The normalized spacial score (nSPS) is 14.0. The SMILES string of the molecule is [2H]C([2H])([2H])c1c[c-]c(-c2cc(C([2H])(C)C)ccn2)c2oc3cc4c(-c5ccccc5)cc5ccccc5c4cc3c12.[2H]C([2H])(c1cc(-c2[c-]cccc2)nc[c]1[Ge]([CH3])([CH3])[CH3])C(C)(C)C.[Ir]. The molecule has 59 heavy (non-hydrogen) atoms. The van der Waals surface area contributed by atoms with Crippen LogP contribution in [0.5, 0.6) is 0 Å². The van der Waals surface area contributed by atoms with Crippen LogP contribution in [0.15, 0.2) is 138 Å². The molecule has 3 nitrogen and oxygen atoms in total. The van der Waals surface area contributed by atoms with Gasteiger partial charge in [-0.2, -0.15) is 0 Å². The summed E-state index contributed by atoms with van der Waals surface area (Å²) in [5.41, 5.74) is 7.39. The average molecular weight is 1020 g/mol. The first kappa shape index (κ1) is 34.9. The summed E-state index contributed by atoms with van der Waals surface area (Å²) >= 11 is -2.24. The van der Waals surface area contributed by atoms with Gasteiger partial charge in [0.05, 0.1) is 5.58 Å². The van der Waals surface area contributed by atoms with Crippen molar-refractivity contribution in [2.75, 3.05) is 0 Å². The van der Waals surface area contributed by atoms with Crippen molar-refractivity contribution in [3.8, 4) is 33.6 Å². The Morgan fingerprint density at radius 1 is 0.797 bits per heavy atom. The zero-order valence-electron chi connectivity index (χ0n) is 40.8. The van der Waals surface area contributed by atoms with Crippen molar-refractivity contribution in [3.05, 3.63) is 163 Å². The average Bonchev–Trinajstić information content (AvgIpc) is 3.63. The van der Waals surface area contributed by atoms with E-state index in [1.54, 1.807) is 12.3 Å². The van der Waals surface area contributed by atoms with E-state index in [0.29, 0.717) is 27.8 Å². The maximum atomic E-state index is 8.76. The van der Waals surface area contributed by atoms with Crippen molar-refractivity contribution >= 4 is 61.1 Å². The maximum Gasteiger partial charge on any atom is 0 e. The number of furan rings is 1. The number of hydrogen-bond acceptors (Lipinski definition) is 3. The molecule has 299 valence electrons. The number of aryl methyl sites for hydroxylation is 1. The number of nitrogens with zero attached hydrogens (tertiary/aromatic N) is 2. The molecule has 3 aromatic heterocycles. The second-order valence-corrected chi connectivity index (χ2v) is 27.8.